The molecule has 3 heteroatoms. The second kappa shape index (κ2) is 4.92. The van der Waals surface area contributed by atoms with E-state index in [1.807, 2.05) is 43.3 Å². The van der Waals surface area contributed by atoms with Crippen LogP contribution in [0, 0.1) is 0 Å². The largest absolute Gasteiger partial charge is 0.497 e. The number of methoxy groups -OCH3 is 1. The number of carboxylic acids is 1. The molecule has 2 rings (SSSR count). The Labute approximate surface area is 112 Å². The monoisotopic (exact) mass is 258 g/mol. The zero-order valence-electron chi connectivity index (χ0n) is 11.4. The van der Waals surface area contributed by atoms with E-state index in [0.29, 0.717) is 6.42 Å². The summed E-state index contributed by atoms with van der Waals surface area (Å²) in [6.45, 7) is 3.66. The minimum atomic E-state index is -0.839. The molecule has 2 aromatic rings. The van der Waals surface area contributed by atoms with Gasteiger partial charge in [0, 0.05) is 0 Å². The van der Waals surface area contributed by atoms with Gasteiger partial charge in [-0.15, -0.1) is 0 Å². The van der Waals surface area contributed by atoms with Crippen molar-refractivity contribution in [3.8, 4) is 5.75 Å². The van der Waals surface area contributed by atoms with Crippen LogP contribution in [0.1, 0.15) is 25.8 Å². The molecule has 3 nitrogen and oxygen atoms in total. The van der Waals surface area contributed by atoms with Gasteiger partial charge in [0.2, 0.25) is 0 Å². The molecule has 0 aliphatic rings. The van der Waals surface area contributed by atoms with Crippen molar-refractivity contribution >= 4 is 16.7 Å². The molecule has 0 aliphatic carbocycles. The average molecular weight is 258 g/mol. The molecule has 0 bridgehead atoms. The van der Waals surface area contributed by atoms with Gasteiger partial charge >= 0.3 is 5.97 Å². The van der Waals surface area contributed by atoms with E-state index < -0.39 is 11.4 Å². The Kier molecular flexibility index (Phi) is 3.47. The first kappa shape index (κ1) is 13.4. The summed E-state index contributed by atoms with van der Waals surface area (Å²) >= 11 is 0. The van der Waals surface area contributed by atoms with Crippen molar-refractivity contribution in [2.45, 2.75) is 25.7 Å². The van der Waals surface area contributed by atoms with Gasteiger partial charge < -0.3 is 9.84 Å². The molecule has 0 amide bonds. The normalized spacial score (nSPS) is 14.1. The number of benzene rings is 2. The highest BCUT2D eigenvalue weighted by Gasteiger charge is 2.33. The number of fused-ring (bicyclic) bond motifs is 1. The van der Waals surface area contributed by atoms with Gasteiger partial charge in [-0.3, -0.25) is 4.79 Å². The molecular weight excluding hydrogens is 240 g/mol. The molecule has 0 spiro atoms. The van der Waals surface area contributed by atoms with Gasteiger partial charge in [0.25, 0.3) is 0 Å². The molecule has 0 aromatic heterocycles. The molecule has 0 saturated carbocycles. The summed E-state index contributed by atoms with van der Waals surface area (Å²) in [5.74, 6) is 0.0135. The summed E-state index contributed by atoms with van der Waals surface area (Å²) in [5, 5.41) is 11.5. The van der Waals surface area contributed by atoms with Crippen molar-refractivity contribution in [1.29, 1.82) is 0 Å². The van der Waals surface area contributed by atoms with Crippen molar-refractivity contribution in [3.63, 3.8) is 0 Å². The highest BCUT2D eigenvalue weighted by atomic mass is 16.5. The number of carbonyl (C=O) groups is 1. The predicted octanol–water partition coefficient (Wildman–Crippen LogP) is 3.60. The fourth-order valence-corrected chi connectivity index (χ4v) is 2.17. The zero-order valence-corrected chi connectivity index (χ0v) is 11.4. The average Bonchev–Trinajstić information content (AvgIpc) is 2.44. The zero-order chi connectivity index (χ0) is 14.0. The summed E-state index contributed by atoms with van der Waals surface area (Å²) < 4.78 is 5.19. The summed E-state index contributed by atoms with van der Waals surface area (Å²) in [4.78, 5) is 11.5. The van der Waals surface area contributed by atoms with Gasteiger partial charge in [-0.2, -0.15) is 0 Å². The molecule has 0 saturated heterocycles. The lowest BCUT2D eigenvalue weighted by Crippen LogP contribution is -2.31. The van der Waals surface area contributed by atoms with Crippen molar-refractivity contribution in [2.24, 2.45) is 0 Å². The van der Waals surface area contributed by atoms with Gasteiger partial charge in [-0.1, -0.05) is 31.2 Å². The maximum absolute atomic E-state index is 11.5. The molecule has 0 fully saturated rings. The van der Waals surface area contributed by atoms with Crippen LogP contribution in [-0.2, 0) is 10.2 Å². The van der Waals surface area contributed by atoms with Gasteiger partial charge in [0.15, 0.2) is 0 Å². The lowest BCUT2D eigenvalue weighted by Gasteiger charge is -2.24. The first-order valence-corrected chi connectivity index (χ1v) is 6.33. The number of hydrogen-bond donors (Lipinski definition) is 1. The Balaban J connectivity index is 2.56. The van der Waals surface area contributed by atoms with E-state index in [1.54, 1.807) is 14.0 Å². The van der Waals surface area contributed by atoms with E-state index in [0.717, 1.165) is 22.1 Å². The van der Waals surface area contributed by atoms with E-state index in [9.17, 15) is 9.90 Å². The van der Waals surface area contributed by atoms with Gasteiger partial charge in [-0.25, -0.2) is 0 Å². The molecule has 2 aromatic carbocycles. The fourth-order valence-electron chi connectivity index (χ4n) is 2.17. The standard InChI is InChI=1S/C16H18O3/c1-4-16(2,15(17)18)13-7-5-12-10-14(19-3)8-6-11(12)9-13/h5-10H,4H2,1-3H3,(H,17,18). The fraction of sp³-hybridized carbons (Fsp3) is 0.312. The third kappa shape index (κ3) is 2.28. The minimum Gasteiger partial charge on any atom is -0.497 e. The van der Waals surface area contributed by atoms with Gasteiger partial charge in [0.1, 0.15) is 5.75 Å². The highest BCUT2D eigenvalue weighted by molar-refractivity contribution is 5.88. The maximum atomic E-state index is 11.5. The Morgan fingerprint density at radius 1 is 1.21 bits per heavy atom. The van der Waals surface area contributed by atoms with E-state index in [-0.39, 0.29) is 0 Å². The quantitative estimate of drug-likeness (QED) is 0.911. The molecule has 1 unspecified atom stereocenters. The number of carboxylic acid groups (broad SMARTS) is 1. The van der Waals surface area contributed by atoms with Crippen LogP contribution < -0.4 is 4.74 Å². The van der Waals surface area contributed by atoms with Gasteiger partial charge in [-0.05, 0) is 41.8 Å². The topological polar surface area (TPSA) is 46.5 Å². The first-order valence-electron chi connectivity index (χ1n) is 6.33. The Morgan fingerprint density at radius 2 is 1.84 bits per heavy atom. The van der Waals surface area contributed by atoms with Crippen molar-refractivity contribution in [3.05, 3.63) is 42.0 Å². The molecule has 100 valence electrons. The SMILES string of the molecule is CCC(C)(C(=O)O)c1ccc2cc(OC)ccc2c1. The second-order valence-electron chi connectivity index (χ2n) is 4.92. The number of hydrogen-bond acceptors (Lipinski definition) is 2. The van der Waals surface area contributed by atoms with Crippen LogP contribution in [0.5, 0.6) is 5.75 Å². The van der Waals surface area contributed by atoms with Crippen molar-refractivity contribution in [2.75, 3.05) is 7.11 Å². The lowest BCUT2D eigenvalue weighted by molar-refractivity contribution is -0.143. The first-order chi connectivity index (χ1) is 9.01. The minimum absolute atomic E-state index is 0.560. The van der Waals surface area contributed by atoms with Crippen LogP contribution in [0.25, 0.3) is 10.8 Å². The smallest absolute Gasteiger partial charge is 0.313 e. The van der Waals surface area contributed by atoms with Crippen LogP contribution >= 0.6 is 0 Å². The maximum Gasteiger partial charge on any atom is 0.313 e. The molecule has 1 N–H and O–H groups in total. The molecule has 0 aliphatic heterocycles. The summed E-state index contributed by atoms with van der Waals surface area (Å²) in [6, 6.07) is 11.6. The predicted molar refractivity (Wildman–Crippen MR) is 75.8 cm³/mol. The van der Waals surface area contributed by atoms with Crippen molar-refractivity contribution in [1.82, 2.24) is 0 Å². The van der Waals surface area contributed by atoms with E-state index in [1.165, 1.54) is 0 Å². The summed E-state index contributed by atoms with van der Waals surface area (Å²) in [5.41, 5.74) is -0.00568. The lowest BCUT2D eigenvalue weighted by atomic mass is 9.79. The molecule has 0 radical (unpaired) electrons. The Hall–Kier alpha value is -2.03. The summed E-state index contributed by atoms with van der Waals surface area (Å²) in [6.07, 6.45) is 0.560. The Morgan fingerprint density at radius 3 is 2.42 bits per heavy atom. The molecule has 1 atom stereocenters. The molecular formula is C16H18O3. The van der Waals surface area contributed by atoms with Crippen LogP contribution in [0.2, 0.25) is 0 Å². The van der Waals surface area contributed by atoms with Crippen LogP contribution in [0.4, 0.5) is 0 Å². The van der Waals surface area contributed by atoms with E-state index in [2.05, 4.69) is 0 Å². The van der Waals surface area contributed by atoms with E-state index in [4.69, 9.17) is 4.74 Å². The Bertz CT molecular complexity index is 618. The van der Waals surface area contributed by atoms with Crippen LogP contribution in [0.3, 0.4) is 0 Å². The second-order valence-corrected chi connectivity index (χ2v) is 4.92. The van der Waals surface area contributed by atoms with Gasteiger partial charge in [0.05, 0.1) is 12.5 Å². The highest BCUT2D eigenvalue weighted by Crippen LogP contribution is 2.31. The number of aliphatic carboxylic acids is 1. The summed E-state index contributed by atoms with van der Waals surface area (Å²) in [7, 11) is 1.63. The number of rotatable bonds is 4. The van der Waals surface area contributed by atoms with Crippen LogP contribution in [0.15, 0.2) is 36.4 Å². The van der Waals surface area contributed by atoms with Crippen molar-refractivity contribution < 1.29 is 14.6 Å². The van der Waals surface area contributed by atoms with Crippen LogP contribution in [-0.4, -0.2) is 18.2 Å². The van der Waals surface area contributed by atoms with E-state index >= 15 is 0 Å². The third-order valence-corrected chi connectivity index (χ3v) is 3.86. The molecule has 0 heterocycles. The molecule has 19 heavy (non-hydrogen) atoms. The number of ether oxygens (including phenoxy) is 1. The third-order valence-electron chi connectivity index (χ3n) is 3.86.